The van der Waals surface area contributed by atoms with Gasteiger partial charge in [-0.15, -0.1) is 0 Å². The first-order valence-electron chi connectivity index (χ1n) is 11.4. The first kappa shape index (κ1) is 26.8. The van der Waals surface area contributed by atoms with Crippen molar-refractivity contribution in [1.29, 1.82) is 0 Å². The lowest BCUT2D eigenvalue weighted by Gasteiger charge is -2.45. The largest absolute Gasteiger partial charge is 0.409 e. The molecule has 29 heavy (non-hydrogen) atoms. The molecule has 0 heterocycles. The van der Waals surface area contributed by atoms with E-state index >= 15 is 0 Å². The van der Waals surface area contributed by atoms with Gasteiger partial charge in [0.1, 0.15) is 6.29 Å². The molecule has 0 bridgehead atoms. The smallest absolute Gasteiger partial charge is 0.192 e. The second-order valence-corrected chi connectivity index (χ2v) is 21.8. The average molecular weight is 441 g/mol. The van der Waals surface area contributed by atoms with Gasteiger partial charge in [-0.2, -0.15) is 0 Å². The molecule has 1 aliphatic rings. The predicted molar refractivity (Wildman–Crippen MR) is 131 cm³/mol. The third kappa shape index (κ3) is 5.34. The van der Waals surface area contributed by atoms with Gasteiger partial charge in [0.05, 0.1) is 17.6 Å². The third-order valence-corrected chi connectivity index (χ3v) is 16.7. The summed E-state index contributed by atoms with van der Waals surface area (Å²) in [7, 11) is -4.09. The number of rotatable bonds is 8. The van der Waals surface area contributed by atoms with Gasteiger partial charge in [0.2, 0.25) is 0 Å². The van der Waals surface area contributed by atoms with Gasteiger partial charge in [-0.3, -0.25) is 0 Å². The topological polar surface area (TPSA) is 35.5 Å². The van der Waals surface area contributed by atoms with Crippen molar-refractivity contribution in [2.24, 2.45) is 5.41 Å². The standard InChI is InChI=1S/C24H48O3Si2/c1-14-15-16-19-18(2)20(26-28(10,11)22(3,4)5)24(9,17-25)21(19)27-29(12,13)23(6,7)8/h17,20-21H,14-16H2,1-13H3/t20-,21+,24+/m0/s1. The molecule has 0 spiro atoms. The van der Waals surface area contributed by atoms with Crippen molar-refractivity contribution in [1.82, 2.24) is 0 Å². The summed E-state index contributed by atoms with van der Waals surface area (Å²) < 4.78 is 13.9. The normalized spacial score (nSPS) is 26.9. The van der Waals surface area contributed by atoms with E-state index in [2.05, 4.69) is 88.5 Å². The zero-order chi connectivity index (χ0) is 23.1. The van der Waals surface area contributed by atoms with Crippen LogP contribution in [0.2, 0.25) is 36.3 Å². The molecular formula is C24H48O3Si2. The molecule has 3 atom stereocenters. The van der Waals surface area contributed by atoms with Gasteiger partial charge in [-0.05, 0) is 74.1 Å². The molecule has 0 N–H and O–H groups in total. The van der Waals surface area contributed by atoms with Crippen molar-refractivity contribution in [2.75, 3.05) is 0 Å². The maximum atomic E-state index is 12.6. The van der Waals surface area contributed by atoms with E-state index in [4.69, 9.17) is 8.85 Å². The maximum absolute atomic E-state index is 12.6. The number of carbonyl (C=O) groups is 1. The highest BCUT2D eigenvalue weighted by Crippen LogP contribution is 2.51. The highest BCUT2D eigenvalue weighted by Gasteiger charge is 2.56. The van der Waals surface area contributed by atoms with Gasteiger partial charge in [0, 0.05) is 0 Å². The van der Waals surface area contributed by atoms with E-state index in [1.165, 1.54) is 11.1 Å². The van der Waals surface area contributed by atoms with E-state index in [0.717, 1.165) is 25.5 Å². The quantitative estimate of drug-likeness (QED) is 0.223. The van der Waals surface area contributed by atoms with Crippen LogP contribution in [0.25, 0.3) is 0 Å². The van der Waals surface area contributed by atoms with E-state index in [1.807, 2.05) is 0 Å². The fraction of sp³-hybridized carbons (Fsp3) is 0.875. The molecular weight excluding hydrogens is 392 g/mol. The lowest BCUT2D eigenvalue weighted by Crippen LogP contribution is -2.54. The Morgan fingerprint density at radius 1 is 0.931 bits per heavy atom. The van der Waals surface area contributed by atoms with Crippen LogP contribution in [0.4, 0.5) is 0 Å². The minimum Gasteiger partial charge on any atom is -0.409 e. The van der Waals surface area contributed by atoms with Crippen LogP contribution in [0.3, 0.4) is 0 Å². The van der Waals surface area contributed by atoms with Crippen LogP contribution in [0.15, 0.2) is 11.1 Å². The number of hydrogen-bond acceptors (Lipinski definition) is 3. The molecule has 0 amide bonds. The fourth-order valence-corrected chi connectivity index (χ4v) is 6.24. The molecule has 0 fully saturated rings. The second-order valence-electron chi connectivity index (χ2n) is 12.3. The summed E-state index contributed by atoms with van der Waals surface area (Å²) in [5.74, 6) is 0. The molecule has 0 aliphatic heterocycles. The SMILES string of the molecule is CCCCC1=C(C)[C@H](O[Si](C)(C)C(C)(C)C)[C@@](C)(C=O)[C@@H]1O[Si](C)(C)C(C)(C)C. The Hall–Kier alpha value is -0.236. The lowest BCUT2D eigenvalue weighted by atomic mass is 9.83. The monoisotopic (exact) mass is 440 g/mol. The summed E-state index contributed by atoms with van der Waals surface area (Å²) in [6, 6.07) is 0. The Kier molecular flexibility index (Phi) is 8.06. The minimum atomic E-state index is -2.05. The Morgan fingerprint density at radius 3 is 1.69 bits per heavy atom. The molecule has 0 unspecified atom stereocenters. The average Bonchev–Trinajstić information content (AvgIpc) is 2.72. The van der Waals surface area contributed by atoms with E-state index < -0.39 is 22.0 Å². The number of carbonyl (C=O) groups excluding carboxylic acids is 1. The van der Waals surface area contributed by atoms with E-state index in [-0.39, 0.29) is 22.3 Å². The summed E-state index contributed by atoms with van der Waals surface area (Å²) in [6.07, 6.45) is 4.00. The van der Waals surface area contributed by atoms with Gasteiger partial charge in [-0.1, -0.05) is 54.9 Å². The Bertz CT molecular complexity index is 623. The Labute approximate surface area is 183 Å². The van der Waals surface area contributed by atoms with Gasteiger partial charge < -0.3 is 13.6 Å². The molecule has 5 heteroatoms. The van der Waals surface area contributed by atoms with Crippen molar-refractivity contribution in [2.45, 2.75) is 130 Å². The summed E-state index contributed by atoms with van der Waals surface area (Å²) in [5.41, 5.74) is 1.88. The molecule has 1 rings (SSSR count). The molecule has 0 saturated carbocycles. The molecule has 0 saturated heterocycles. The molecule has 0 aromatic carbocycles. The van der Waals surface area contributed by atoms with Crippen LogP contribution < -0.4 is 0 Å². The molecule has 3 nitrogen and oxygen atoms in total. The maximum Gasteiger partial charge on any atom is 0.192 e. The number of unbranched alkanes of at least 4 members (excludes halogenated alkanes) is 1. The van der Waals surface area contributed by atoms with Crippen LogP contribution in [0.1, 0.15) is 81.6 Å². The van der Waals surface area contributed by atoms with Crippen LogP contribution >= 0.6 is 0 Å². The van der Waals surface area contributed by atoms with Crippen molar-refractivity contribution < 1.29 is 13.6 Å². The van der Waals surface area contributed by atoms with Crippen LogP contribution in [0, 0.1) is 5.41 Å². The summed E-state index contributed by atoms with van der Waals surface area (Å²) in [5, 5.41) is 0.192. The summed E-state index contributed by atoms with van der Waals surface area (Å²) in [4.78, 5) is 12.6. The number of hydrogen-bond donors (Lipinski definition) is 0. The fourth-order valence-electron chi connectivity index (χ4n) is 3.53. The predicted octanol–water partition coefficient (Wildman–Crippen LogP) is 7.49. The minimum absolute atomic E-state index is 0.0962. The van der Waals surface area contributed by atoms with E-state index in [1.54, 1.807) is 0 Å². The Morgan fingerprint density at radius 2 is 1.34 bits per heavy atom. The Balaban J connectivity index is 3.49. The third-order valence-electron chi connectivity index (χ3n) is 7.84. The van der Waals surface area contributed by atoms with Gasteiger partial charge in [0.25, 0.3) is 0 Å². The molecule has 0 radical (unpaired) electrons. The van der Waals surface area contributed by atoms with Crippen molar-refractivity contribution in [3.05, 3.63) is 11.1 Å². The highest BCUT2D eigenvalue weighted by atomic mass is 28.4. The van der Waals surface area contributed by atoms with Crippen molar-refractivity contribution >= 4 is 22.9 Å². The van der Waals surface area contributed by atoms with Crippen LogP contribution in [0.5, 0.6) is 0 Å². The molecule has 170 valence electrons. The van der Waals surface area contributed by atoms with Crippen LogP contribution in [-0.4, -0.2) is 35.1 Å². The molecule has 1 aliphatic carbocycles. The summed E-state index contributed by atoms with van der Waals surface area (Å²) >= 11 is 0. The summed E-state index contributed by atoms with van der Waals surface area (Å²) in [6.45, 7) is 29.1. The molecule has 0 aromatic rings. The van der Waals surface area contributed by atoms with Gasteiger partial charge in [-0.25, -0.2) is 0 Å². The second kappa shape index (κ2) is 8.72. The van der Waals surface area contributed by atoms with Gasteiger partial charge >= 0.3 is 0 Å². The van der Waals surface area contributed by atoms with Crippen molar-refractivity contribution in [3.63, 3.8) is 0 Å². The van der Waals surface area contributed by atoms with Gasteiger partial charge in [0.15, 0.2) is 16.6 Å². The first-order chi connectivity index (χ1) is 12.9. The number of aldehydes is 1. The first-order valence-corrected chi connectivity index (χ1v) is 17.2. The van der Waals surface area contributed by atoms with E-state index in [0.29, 0.717) is 0 Å². The zero-order valence-corrected chi connectivity index (χ0v) is 23.6. The van der Waals surface area contributed by atoms with Crippen molar-refractivity contribution in [3.8, 4) is 0 Å². The zero-order valence-electron chi connectivity index (χ0n) is 21.6. The highest BCUT2D eigenvalue weighted by molar-refractivity contribution is 6.74. The van der Waals surface area contributed by atoms with Crippen LogP contribution in [-0.2, 0) is 13.6 Å². The lowest BCUT2D eigenvalue weighted by molar-refractivity contribution is -0.123. The molecule has 0 aromatic heterocycles. The van der Waals surface area contributed by atoms with E-state index in [9.17, 15) is 4.79 Å².